The molecule has 0 radical (unpaired) electrons. The number of aromatic nitrogens is 2. The van der Waals surface area contributed by atoms with Crippen LogP contribution in [0.1, 0.15) is 24.0 Å². The summed E-state index contributed by atoms with van der Waals surface area (Å²) in [4.78, 5) is 0. The number of hydrogen-bond donors (Lipinski definition) is 0. The van der Waals surface area contributed by atoms with Gasteiger partial charge in [-0.05, 0) is 35.6 Å². The lowest BCUT2D eigenvalue weighted by Gasteiger charge is -2.37. The molecular formula is C22H20N2. The van der Waals surface area contributed by atoms with Crippen LogP contribution in [0.5, 0.6) is 0 Å². The van der Waals surface area contributed by atoms with E-state index >= 15 is 0 Å². The Morgan fingerprint density at radius 3 is 1.96 bits per heavy atom. The molecule has 0 N–H and O–H groups in total. The predicted molar refractivity (Wildman–Crippen MR) is 97.7 cm³/mol. The minimum Gasteiger partial charge on any atom is -0.253 e. The van der Waals surface area contributed by atoms with Gasteiger partial charge in [0.25, 0.3) is 0 Å². The lowest BCUT2D eigenvalue weighted by molar-refractivity contribution is 0.456. The minimum absolute atomic E-state index is 0.442. The molecule has 2 heteroatoms. The molecule has 118 valence electrons. The Bertz CT molecular complexity index is 804. The molecule has 3 aromatic rings. The number of nitrogens with zero attached hydrogens (tertiary/aromatic N) is 2. The van der Waals surface area contributed by atoms with Crippen molar-refractivity contribution in [2.24, 2.45) is 0 Å². The summed E-state index contributed by atoms with van der Waals surface area (Å²) in [6, 6.07) is 23.3. The van der Waals surface area contributed by atoms with Crippen LogP contribution in [0.2, 0.25) is 0 Å². The Morgan fingerprint density at radius 2 is 1.46 bits per heavy atom. The summed E-state index contributed by atoms with van der Waals surface area (Å²) in [6.45, 7) is 0. The molecule has 0 fully saturated rings. The maximum Gasteiger partial charge on any atom is 0.137 e. The topological polar surface area (TPSA) is 17.8 Å². The average molecular weight is 312 g/mol. The van der Waals surface area contributed by atoms with Crippen LogP contribution in [0.15, 0.2) is 103 Å². The van der Waals surface area contributed by atoms with Crippen molar-refractivity contribution >= 4 is 0 Å². The fraction of sp³-hybridized carbons (Fsp3) is 0.136. The fourth-order valence-corrected chi connectivity index (χ4v) is 3.60. The summed E-state index contributed by atoms with van der Waals surface area (Å²) in [6.07, 6.45) is 12.9. The van der Waals surface area contributed by atoms with Gasteiger partial charge in [-0.25, -0.2) is 0 Å². The van der Waals surface area contributed by atoms with Crippen molar-refractivity contribution in [1.82, 2.24) is 9.78 Å². The zero-order chi connectivity index (χ0) is 16.2. The van der Waals surface area contributed by atoms with Gasteiger partial charge in [0.15, 0.2) is 0 Å². The lowest BCUT2D eigenvalue weighted by atomic mass is 9.75. The van der Waals surface area contributed by atoms with Crippen LogP contribution < -0.4 is 0 Å². The van der Waals surface area contributed by atoms with E-state index in [0.717, 1.165) is 12.8 Å². The first-order chi connectivity index (χ1) is 11.9. The molecule has 0 aliphatic heterocycles. The van der Waals surface area contributed by atoms with E-state index in [4.69, 9.17) is 0 Å². The van der Waals surface area contributed by atoms with Gasteiger partial charge in [-0.15, -0.1) is 0 Å². The SMILES string of the molecule is C1=CC(C(c2ccccc2)(c2ccccc2)n2cccn2)=CCC1. The second-order valence-corrected chi connectivity index (χ2v) is 6.03. The molecule has 0 spiro atoms. The first kappa shape index (κ1) is 14.7. The molecule has 0 unspecified atom stereocenters. The van der Waals surface area contributed by atoms with Crippen molar-refractivity contribution in [2.75, 3.05) is 0 Å². The monoisotopic (exact) mass is 312 g/mol. The Morgan fingerprint density at radius 1 is 0.792 bits per heavy atom. The molecule has 2 aromatic carbocycles. The van der Waals surface area contributed by atoms with Crippen molar-refractivity contribution in [3.05, 3.63) is 114 Å². The van der Waals surface area contributed by atoms with Gasteiger partial charge in [-0.2, -0.15) is 5.10 Å². The fourth-order valence-electron chi connectivity index (χ4n) is 3.60. The van der Waals surface area contributed by atoms with Gasteiger partial charge in [-0.3, -0.25) is 4.68 Å². The second kappa shape index (κ2) is 6.32. The third-order valence-electron chi connectivity index (χ3n) is 4.64. The largest absolute Gasteiger partial charge is 0.253 e. The quantitative estimate of drug-likeness (QED) is 0.666. The highest BCUT2D eigenvalue weighted by atomic mass is 15.3. The van der Waals surface area contributed by atoms with Crippen LogP contribution in [-0.4, -0.2) is 9.78 Å². The van der Waals surface area contributed by atoms with Crippen molar-refractivity contribution < 1.29 is 0 Å². The summed E-state index contributed by atoms with van der Waals surface area (Å²) >= 11 is 0. The van der Waals surface area contributed by atoms with E-state index in [1.165, 1.54) is 16.7 Å². The highest BCUT2D eigenvalue weighted by molar-refractivity contribution is 5.52. The van der Waals surface area contributed by atoms with Gasteiger partial charge in [-0.1, -0.05) is 78.9 Å². The zero-order valence-corrected chi connectivity index (χ0v) is 13.5. The second-order valence-electron chi connectivity index (χ2n) is 6.03. The molecule has 1 aliphatic rings. The van der Waals surface area contributed by atoms with Crippen LogP contribution in [-0.2, 0) is 5.54 Å². The van der Waals surface area contributed by atoms with Gasteiger partial charge < -0.3 is 0 Å². The Balaban J connectivity index is 2.07. The molecule has 24 heavy (non-hydrogen) atoms. The van der Waals surface area contributed by atoms with E-state index in [2.05, 4.69) is 94.9 Å². The number of benzene rings is 2. The van der Waals surface area contributed by atoms with Gasteiger partial charge in [0.1, 0.15) is 5.54 Å². The summed E-state index contributed by atoms with van der Waals surface area (Å²) in [7, 11) is 0. The number of allylic oxidation sites excluding steroid dienone is 4. The molecule has 0 bridgehead atoms. The first-order valence-corrected chi connectivity index (χ1v) is 8.41. The standard InChI is InChI=1S/C22H20N2/c1-4-11-19(12-5-1)22(24-18-10-17-23-24,20-13-6-2-7-14-20)21-15-8-3-9-16-21/h1-2,4-8,10-18H,3,9H2. The first-order valence-electron chi connectivity index (χ1n) is 8.41. The highest BCUT2D eigenvalue weighted by Gasteiger charge is 2.39. The van der Waals surface area contributed by atoms with Crippen molar-refractivity contribution in [1.29, 1.82) is 0 Å². The molecule has 0 amide bonds. The van der Waals surface area contributed by atoms with E-state index in [0.29, 0.717) is 0 Å². The van der Waals surface area contributed by atoms with Crippen LogP contribution >= 0.6 is 0 Å². The zero-order valence-electron chi connectivity index (χ0n) is 13.5. The molecule has 1 aromatic heterocycles. The van der Waals surface area contributed by atoms with Gasteiger partial charge >= 0.3 is 0 Å². The van der Waals surface area contributed by atoms with E-state index in [-0.39, 0.29) is 0 Å². The molecule has 0 saturated carbocycles. The Kier molecular flexibility index (Phi) is 3.87. The van der Waals surface area contributed by atoms with Crippen molar-refractivity contribution in [2.45, 2.75) is 18.4 Å². The van der Waals surface area contributed by atoms with Crippen LogP contribution in [0.4, 0.5) is 0 Å². The molecule has 0 saturated heterocycles. The summed E-state index contributed by atoms with van der Waals surface area (Å²) < 4.78 is 2.08. The van der Waals surface area contributed by atoms with Crippen molar-refractivity contribution in [3.8, 4) is 0 Å². The number of hydrogen-bond acceptors (Lipinski definition) is 1. The average Bonchev–Trinajstić information content (AvgIpc) is 3.20. The maximum atomic E-state index is 4.66. The van der Waals surface area contributed by atoms with Crippen LogP contribution in [0, 0.1) is 0 Å². The summed E-state index contributed by atoms with van der Waals surface area (Å²) in [5.41, 5.74) is 3.27. The maximum absolute atomic E-state index is 4.66. The van der Waals surface area contributed by atoms with E-state index in [9.17, 15) is 0 Å². The minimum atomic E-state index is -0.442. The highest BCUT2D eigenvalue weighted by Crippen LogP contribution is 2.42. The Hall–Kier alpha value is -2.87. The molecule has 4 rings (SSSR count). The molecular weight excluding hydrogens is 292 g/mol. The molecule has 2 nitrogen and oxygen atoms in total. The van der Waals surface area contributed by atoms with Gasteiger partial charge in [0, 0.05) is 12.4 Å². The van der Waals surface area contributed by atoms with Crippen LogP contribution in [0.25, 0.3) is 0 Å². The normalized spacial score (nSPS) is 14.4. The van der Waals surface area contributed by atoms with E-state index in [1.807, 2.05) is 12.3 Å². The van der Waals surface area contributed by atoms with Gasteiger partial charge in [0.05, 0.1) is 0 Å². The lowest BCUT2D eigenvalue weighted by Crippen LogP contribution is -2.38. The van der Waals surface area contributed by atoms with Gasteiger partial charge in [0.2, 0.25) is 0 Å². The summed E-state index contributed by atoms with van der Waals surface area (Å²) in [5.74, 6) is 0. The van der Waals surface area contributed by atoms with Crippen LogP contribution in [0.3, 0.4) is 0 Å². The third kappa shape index (κ3) is 2.31. The third-order valence-corrected chi connectivity index (χ3v) is 4.64. The number of rotatable bonds is 4. The smallest absolute Gasteiger partial charge is 0.137 e. The molecule has 1 aliphatic carbocycles. The van der Waals surface area contributed by atoms with E-state index < -0.39 is 5.54 Å². The molecule has 1 heterocycles. The Labute approximate surface area is 142 Å². The van der Waals surface area contributed by atoms with Crippen molar-refractivity contribution in [3.63, 3.8) is 0 Å². The summed E-state index contributed by atoms with van der Waals surface area (Å²) in [5, 5.41) is 4.66. The predicted octanol–water partition coefficient (Wildman–Crippen LogP) is 4.95. The molecule has 0 atom stereocenters. The van der Waals surface area contributed by atoms with E-state index in [1.54, 1.807) is 0 Å².